The summed E-state index contributed by atoms with van der Waals surface area (Å²) in [5, 5.41) is 23.4. The third kappa shape index (κ3) is 4.06. The zero-order valence-electron chi connectivity index (χ0n) is 13.8. The zero-order chi connectivity index (χ0) is 18.6. The topological polar surface area (TPSA) is 114 Å². The van der Waals surface area contributed by atoms with Gasteiger partial charge in [-0.05, 0) is 18.2 Å². The molecule has 0 aliphatic carbocycles. The van der Waals surface area contributed by atoms with Gasteiger partial charge < -0.3 is 15.6 Å². The van der Waals surface area contributed by atoms with Crippen LogP contribution in [0.5, 0.6) is 5.75 Å². The molecular formula is C16H19N3O5S. The van der Waals surface area contributed by atoms with Crippen LogP contribution >= 0.6 is 0 Å². The molecular weight excluding hydrogens is 346 g/mol. The number of rotatable bonds is 6. The van der Waals surface area contributed by atoms with Gasteiger partial charge in [-0.1, -0.05) is 13.8 Å². The van der Waals surface area contributed by atoms with E-state index in [4.69, 9.17) is 0 Å². The number of hydrogen-bond donors (Lipinski definition) is 2. The number of phenols is 1. The standard InChI is InChI=1S/C16H19N3O5S/c1-3-19(4-2)25(23,24)13-5-6-15(20)14(11-13)17-16(21)12-7-9-18(22)10-8-12/h5-11,20H,3-4H2,1-2H3,(H,17,21). The minimum atomic E-state index is -3.72. The van der Waals surface area contributed by atoms with E-state index in [-0.39, 0.29) is 21.9 Å². The quantitative estimate of drug-likeness (QED) is 0.455. The number of nitrogens with one attached hydrogen (secondary N) is 1. The van der Waals surface area contributed by atoms with Crippen molar-refractivity contribution in [3.05, 3.63) is 53.5 Å². The summed E-state index contributed by atoms with van der Waals surface area (Å²) in [4.78, 5) is 12.2. The van der Waals surface area contributed by atoms with Gasteiger partial charge in [0.15, 0.2) is 12.4 Å². The maximum atomic E-state index is 12.5. The molecule has 0 saturated heterocycles. The van der Waals surface area contributed by atoms with Crippen LogP contribution in [0.1, 0.15) is 24.2 Å². The number of carbonyl (C=O) groups is 1. The SMILES string of the molecule is CCN(CC)S(=O)(=O)c1ccc(O)c(NC(=O)c2cc[n+]([O-])cc2)c1. The number of amides is 1. The van der Waals surface area contributed by atoms with Crippen LogP contribution in [0.25, 0.3) is 0 Å². The first-order valence-corrected chi connectivity index (χ1v) is 9.07. The maximum absolute atomic E-state index is 12.5. The van der Waals surface area contributed by atoms with E-state index >= 15 is 0 Å². The summed E-state index contributed by atoms with van der Waals surface area (Å²) in [6.07, 6.45) is 2.33. The monoisotopic (exact) mass is 365 g/mol. The number of sulfonamides is 1. The lowest BCUT2D eigenvalue weighted by atomic mass is 10.2. The van der Waals surface area contributed by atoms with Gasteiger partial charge in [-0.3, -0.25) is 4.79 Å². The molecule has 25 heavy (non-hydrogen) atoms. The number of anilines is 1. The number of pyridine rings is 1. The van der Waals surface area contributed by atoms with E-state index < -0.39 is 15.9 Å². The van der Waals surface area contributed by atoms with Crippen molar-refractivity contribution >= 4 is 21.6 Å². The Morgan fingerprint density at radius 3 is 2.36 bits per heavy atom. The molecule has 0 radical (unpaired) electrons. The van der Waals surface area contributed by atoms with Gasteiger partial charge in [0.05, 0.1) is 16.1 Å². The number of hydrogen-bond acceptors (Lipinski definition) is 5. The molecule has 0 fully saturated rings. The second kappa shape index (κ2) is 7.49. The molecule has 0 aliphatic heterocycles. The van der Waals surface area contributed by atoms with Gasteiger partial charge in [-0.2, -0.15) is 9.04 Å². The van der Waals surface area contributed by atoms with Gasteiger partial charge in [0.25, 0.3) is 5.91 Å². The normalized spacial score (nSPS) is 11.5. The highest BCUT2D eigenvalue weighted by Crippen LogP contribution is 2.28. The van der Waals surface area contributed by atoms with Crippen LogP contribution in [0, 0.1) is 5.21 Å². The number of aromatic nitrogens is 1. The Labute approximate surface area is 146 Å². The third-order valence-corrected chi connectivity index (χ3v) is 5.67. The summed E-state index contributed by atoms with van der Waals surface area (Å²) in [6, 6.07) is 6.33. The Bertz CT molecular complexity index is 862. The van der Waals surface area contributed by atoms with Gasteiger partial charge in [-0.25, -0.2) is 8.42 Å². The third-order valence-electron chi connectivity index (χ3n) is 3.62. The van der Waals surface area contributed by atoms with Gasteiger partial charge >= 0.3 is 0 Å². The fourth-order valence-corrected chi connectivity index (χ4v) is 3.73. The van der Waals surface area contributed by atoms with Crippen LogP contribution in [-0.2, 0) is 10.0 Å². The highest BCUT2D eigenvalue weighted by molar-refractivity contribution is 7.89. The average Bonchev–Trinajstić information content (AvgIpc) is 2.58. The molecule has 0 spiro atoms. The minimum absolute atomic E-state index is 0.0305. The van der Waals surface area contributed by atoms with Crippen molar-refractivity contribution in [2.45, 2.75) is 18.7 Å². The first kappa shape index (κ1) is 18.7. The first-order valence-electron chi connectivity index (χ1n) is 7.63. The van der Waals surface area contributed by atoms with Crippen molar-refractivity contribution in [1.29, 1.82) is 0 Å². The van der Waals surface area contributed by atoms with Gasteiger partial charge in [-0.15, -0.1) is 0 Å². The lowest BCUT2D eigenvalue weighted by Gasteiger charge is -2.19. The molecule has 2 rings (SSSR count). The second-order valence-corrected chi connectivity index (χ2v) is 7.11. The highest BCUT2D eigenvalue weighted by atomic mass is 32.2. The molecule has 0 aliphatic rings. The summed E-state index contributed by atoms with van der Waals surface area (Å²) in [5.74, 6) is -0.838. The zero-order valence-corrected chi connectivity index (χ0v) is 14.7. The first-order chi connectivity index (χ1) is 11.8. The molecule has 2 N–H and O–H groups in total. The van der Waals surface area contributed by atoms with Crippen LogP contribution in [-0.4, -0.2) is 36.8 Å². The molecule has 0 unspecified atom stereocenters. The van der Waals surface area contributed by atoms with E-state index in [0.717, 1.165) is 12.4 Å². The molecule has 1 aromatic heterocycles. The van der Waals surface area contributed by atoms with Crippen LogP contribution < -0.4 is 10.0 Å². The summed E-state index contributed by atoms with van der Waals surface area (Å²) in [7, 11) is -3.72. The number of carbonyl (C=O) groups excluding carboxylic acids is 1. The Kier molecular flexibility index (Phi) is 5.60. The van der Waals surface area contributed by atoms with Crippen molar-refractivity contribution in [3.63, 3.8) is 0 Å². The summed E-state index contributed by atoms with van der Waals surface area (Å²) < 4.78 is 26.9. The Balaban J connectivity index is 2.33. The van der Waals surface area contributed by atoms with Crippen molar-refractivity contribution in [2.75, 3.05) is 18.4 Å². The number of aromatic hydroxyl groups is 1. The van der Waals surface area contributed by atoms with E-state index in [1.807, 2.05) is 0 Å². The van der Waals surface area contributed by atoms with Crippen LogP contribution in [0.15, 0.2) is 47.6 Å². The molecule has 0 bridgehead atoms. The molecule has 1 aromatic carbocycles. The minimum Gasteiger partial charge on any atom is -0.619 e. The lowest BCUT2D eigenvalue weighted by molar-refractivity contribution is -0.605. The molecule has 1 amide bonds. The lowest BCUT2D eigenvalue weighted by Crippen LogP contribution is -2.30. The van der Waals surface area contributed by atoms with Gasteiger partial charge in [0.1, 0.15) is 5.75 Å². The molecule has 9 heteroatoms. The van der Waals surface area contributed by atoms with E-state index in [0.29, 0.717) is 17.8 Å². The van der Waals surface area contributed by atoms with Crippen molar-refractivity contribution < 1.29 is 23.0 Å². The summed E-state index contributed by atoms with van der Waals surface area (Å²) in [6.45, 7) is 4.06. The molecule has 8 nitrogen and oxygen atoms in total. The predicted molar refractivity (Wildman–Crippen MR) is 91.6 cm³/mol. The second-order valence-electron chi connectivity index (χ2n) is 5.17. The van der Waals surface area contributed by atoms with E-state index in [2.05, 4.69) is 5.32 Å². The molecule has 1 heterocycles. The van der Waals surface area contributed by atoms with Crippen LogP contribution in [0.4, 0.5) is 5.69 Å². The number of nitrogens with zero attached hydrogens (tertiary/aromatic N) is 2. The largest absolute Gasteiger partial charge is 0.619 e. The predicted octanol–water partition coefficient (Wildman–Crippen LogP) is 1.31. The van der Waals surface area contributed by atoms with Crippen molar-refractivity contribution in [3.8, 4) is 5.75 Å². The molecule has 0 saturated carbocycles. The fourth-order valence-electron chi connectivity index (χ4n) is 2.25. The molecule has 2 aromatic rings. The molecule has 0 atom stereocenters. The van der Waals surface area contributed by atoms with Gasteiger partial charge in [0.2, 0.25) is 10.0 Å². The maximum Gasteiger partial charge on any atom is 0.256 e. The highest BCUT2D eigenvalue weighted by Gasteiger charge is 2.23. The Morgan fingerprint density at radius 2 is 1.80 bits per heavy atom. The Morgan fingerprint density at radius 1 is 1.20 bits per heavy atom. The van der Waals surface area contributed by atoms with Gasteiger partial charge in [0, 0.05) is 25.2 Å². The fraction of sp³-hybridized carbons (Fsp3) is 0.250. The average molecular weight is 365 g/mol. The van der Waals surface area contributed by atoms with Crippen molar-refractivity contribution in [2.24, 2.45) is 0 Å². The molecule has 134 valence electrons. The smallest absolute Gasteiger partial charge is 0.256 e. The van der Waals surface area contributed by atoms with Crippen LogP contribution in [0.3, 0.4) is 0 Å². The summed E-state index contributed by atoms with van der Waals surface area (Å²) >= 11 is 0. The summed E-state index contributed by atoms with van der Waals surface area (Å²) in [5.41, 5.74) is 0.167. The number of phenolic OH excluding ortho intramolecular Hbond substituents is 1. The van der Waals surface area contributed by atoms with Crippen LogP contribution in [0.2, 0.25) is 0 Å². The number of benzene rings is 1. The van der Waals surface area contributed by atoms with E-state index in [9.17, 15) is 23.5 Å². The van der Waals surface area contributed by atoms with Crippen molar-refractivity contribution in [1.82, 2.24) is 4.31 Å². The van der Waals surface area contributed by atoms with E-state index in [1.165, 1.54) is 34.6 Å². The Hall–Kier alpha value is -2.65. The van der Waals surface area contributed by atoms with E-state index in [1.54, 1.807) is 13.8 Å².